The van der Waals surface area contributed by atoms with Gasteiger partial charge < -0.3 is 24.8 Å². The standard InChI is InChI=1S/C26H26N2O3S2/c1-17-13-18-15-30-22-9-5-3-7-20(22)25(32)27-11-12-28-26(33)21-8-4-6-10-23(21)31-16-19(14-17)24(18)29-2/h3-10,13-14H,11-12,15-16H2,1-2H3,(H,27,32)(H,28,33). The lowest BCUT2D eigenvalue weighted by Gasteiger charge is -2.18. The van der Waals surface area contributed by atoms with E-state index in [2.05, 4.69) is 29.7 Å². The lowest BCUT2D eigenvalue weighted by atomic mass is 10.1. The first kappa shape index (κ1) is 23.0. The fourth-order valence-corrected chi connectivity index (χ4v) is 4.36. The molecule has 0 saturated heterocycles. The summed E-state index contributed by atoms with van der Waals surface area (Å²) in [5, 5.41) is 6.58. The molecule has 170 valence electrons. The number of hydrogen-bond acceptors (Lipinski definition) is 5. The zero-order chi connectivity index (χ0) is 23.2. The van der Waals surface area contributed by atoms with Crippen molar-refractivity contribution in [2.24, 2.45) is 0 Å². The summed E-state index contributed by atoms with van der Waals surface area (Å²) >= 11 is 11.3. The van der Waals surface area contributed by atoms with Crippen LogP contribution in [0.3, 0.4) is 0 Å². The van der Waals surface area contributed by atoms with Crippen LogP contribution >= 0.6 is 24.4 Å². The first-order chi connectivity index (χ1) is 16.1. The first-order valence-electron chi connectivity index (χ1n) is 10.7. The minimum Gasteiger partial charge on any atom is -0.496 e. The predicted molar refractivity (Wildman–Crippen MR) is 139 cm³/mol. The van der Waals surface area contributed by atoms with E-state index < -0.39 is 0 Å². The molecule has 0 atom stereocenters. The molecule has 1 heterocycles. The highest BCUT2D eigenvalue weighted by atomic mass is 32.1. The van der Waals surface area contributed by atoms with Gasteiger partial charge in [0.25, 0.3) is 0 Å². The lowest BCUT2D eigenvalue weighted by Crippen LogP contribution is -2.34. The maximum Gasteiger partial charge on any atom is 0.132 e. The van der Waals surface area contributed by atoms with Crippen LogP contribution < -0.4 is 24.8 Å². The molecule has 0 spiro atoms. The number of thiocarbonyl (C=S) groups is 2. The molecule has 1 aliphatic heterocycles. The van der Waals surface area contributed by atoms with Crippen molar-refractivity contribution in [2.75, 3.05) is 20.2 Å². The van der Waals surface area contributed by atoms with Crippen molar-refractivity contribution in [1.29, 1.82) is 0 Å². The SMILES string of the molecule is COc1c2cc(C)cc1COc1ccccc1C(=S)NCCNC(=S)c1ccccc1OC2. The fourth-order valence-electron chi connectivity index (χ4n) is 3.82. The van der Waals surface area contributed by atoms with E-state index >= 15 is 0 Å². The van der Waals surface area contributed by atoms with Gasteiger partial charge in [0.05, 0.1) is 18.2 Å². The smallest absolute Gasteiger partial charge is 0.132 e. The molecule has 33 heavy (non-hydrogen) atoms. The maximum atomic E-state index is 6.21. The zero-order valence-electron chi connectivity index (χ0n) is 18.6. The molecular formula is C26H26N2O3S2. The molecule has 1 aliphatic rings. The van der Waals surface area contributed by atoms with Crippen molar-refractivity contribution in [3.05, 3.63) is 88.5 Å². The molecule has 0 aromatic heterocycles. The summed E-state index contributed by atoms with van der Waals surface area (Å²) in [6, 6.07) is 19.7. The number of aryl methyl sites for hydroxylation is 1. The maximum absolute atomic E-state index is 6.21. The van der Waals surface area contributed by atoms with E-state index in [1.54, 1.807) is 7.11 Å². The summed E-state index contributed by atoms with van der Waals surface area (Å²) < 4.78 is 18.2. The van der Waals surface area contributed by atoms with E-state index in [-0.39, 0.29) is 0 Å². The Hall–Kier alpha value is -3.16. The van der Waals surface area contributed by atoms with Crippen LogP contribution in [0.4, 0.5) is 0 Å². The van der Waals surface area contributed by atoms with Crippen LogP contribution in [0.15, 0.2) is 60.7 Å². The fraction of sp³-hybridized carbons (Fsp3) is 0.231. The third-order valence-corrected chi connectivity index (χ3v) is 6.05. The van der Waals surface area contributed by atoms with Gasteiger partial charge in [-0.1, -0.05) is 54.3 Å². The molecule has 3 aromatic rings. The molecule has 0 saturated carbocycles. The van der Waals surface area contributed by atoms with Gasteiger partial charge in [-0.2, -0.15) is 0 Å². The Balaban J connectivity index is 1.73. The van der Waals surface area contributed by atoms with Crippen molar-refractivity contribution in [2.45, 2.75) is 20.1 Å². The predicted octanol–water partition coefficient (Wildman–Crippen LogP) is 4.71. The summed E-state index contributed by atoms with van der Waals surface area (Å²) in [6.45, 7) is 3.97. The molecule has 2 bridgehead atoms. The Morgan fingerprint density at radius 2 is 1.21 bits per heavy atom. The molecule has 2 N–H and O–H groups in total. The van der Waals surface area contributed by atoms with Crippen LogP contribution in [0.1, 0.15) is 27.8 Å². The monoisotopic (exact) mass is 478 g/mol. The number of ether oxygens (including phenoxy) is 3. The Morgan fingerprint density at radius 1 is 0.758 bits per heavy atom. The largest absolute Gasteiger partial charge is 0.496 e. The molecule has 7 heteroatoms. The number of para-hydroxylation sites is 2. The van der Waals surface area contributed by atoms with Gasteiger partial charge in [-0.15, -0.1) is 0 Å². The first-order valence-corrected chi connectivity index (χ1v) is 11.5. The highest BCUT2D eigenvalue weighted by Crippen LogP contribution is 2.30. The molecule has 0 radical (unpaired) electrons. The lowest BCUT2D eigenvalue weighted by molar-refractivity contribution is 0.282. The van der Waals surface area contributed by atoms with Gasteiger partial charge in [0.15, 0.2) is 0 Å². The van der Waals surface area contributed by atoms with Crippen LogP contribution in [0.25, 0.3) is 0 Å². The molecule has 4 rings (SSSR count). The normalized spacial score (nSPS) is 14.4. The van der Waals surface area contributed by atoms with Gasteiger partial charge in [0.2, 0.25) is 0 Å². The van der Waals surface area contributed by atoms with E-state index in [0.29, 0.717) is 36.3 Å². The van der Waals surface area contributed by atoms with Crippen LogP contribution in [0, 0.1) is 6.92 Å². The number of fused-ring (bicyclic) bond motifs is 4. The molecule has 0 aliphatic carbocycles. The van der Waals surface area contributed by atoms with Gasteiger partial charge in [-0.3, -0.25) is 0 Å². The summed E-state index contributed by atoms with van der Waals surface area (Å²) in [5.74, 6) is 2.19. The topological polar surface area (TPSA) is 51.8 Å². The van der Waals surface area contributed by atoms with Crippen molar-refractivity contribution < 1.29 is 14.2 Å². The number of methoxy groups -OCH3 is 1. The third-order valence-electron chi connectivity index (χ3n) is 5.32. The average Bonchev–Trinajstić information content (AvgIpc) is 2.83. The van der Waals surface area contributed by atoms with Crippen LogP contribution in [-0.2, 0) is 13.2 Å². The highest BCUT2D eigenvalue weighted by molar-refractivity contribution is 7.81. The second-order valence-corrected chi connectivity index (χ2v) is 8.51. The van der Waals surface area contributed by atoms with Crippen LogP contribution in [0.5, 0.6) is 17.2 Å². The van der Waals surface area contributed by atoms with Crippen LogP contribution in [0.2, 0.25) is 0 Å². The van der Waals surface area contributed by atoms with E-state index in [9.17, 15) is 0 Å². The van der Waals surface area contributed by atoms with E-state index in [1.165, 1.54) is 0 Å². The molecule has 0 unspecified atom stereocenters. The molecule has 5 nitrogen and oxygen atoms in total. The Morgan fingerprint density at radius 3 is 1.67 bits per heavy atom. The van der Waals surface area contributed by atoms with E-state index in [4.69, 9.17) is 38.6 Å². The van der Waals surface area contributed by atoms with Gasteiger partial charge in [0.1, 0.15) is 40.4 Å². The summed E-state index contributed by atoms with van der Waals surface area (Å²) in [6.07, 6.45) is 0. The van der Waals surface area contributed by atoms with Gasteiger partial charge >= 0.3 is 0 Å². The van der Waals surface area contributed by atoms with Crippen molar-refractivity contribution >= 4 is 34.4 Å². The van der Waals surface area contributed by atoms with E-state index in [1.807, 2.05) is 48.5 Å². The highest BCUT2D eigenvalue weighted by Gasteiger charge is 2.16. The minimum atomic E-state index is 0.347. The second-order valence-electron chi connectivity index (χ2n) is 7.70. The Kier molecular flexibility index (Phi) is 7.42. The minimum absolute atomic E-state index is 0.347. The quantitative estimate of drug-likeness (QED) is 0.492. The summed E-state index contributed by atoms with van der Waals surface area (Å²) in [4.78, 5) is 1.26. The number of rotatable bonds is 1. The molecule has 0 amide bonds. The van der Waals surface area contributed by atoms with Crippen LogP contribution in [-0.4, -0.2) is 30.2 Å². The van der Waals surface area contributed by atoms with Crippen molar-refractivity contribution in [3.63, 3.8) is 0 Å². The van der Waals surface area contributed by atoms with E-state index in [0.717, 1.165) is 45.1 Å². The van der Waals surface area contributed by atoms with Gasteiger partial charge in [-0.25, -0.2) is 0 Å². The summed E-state index contributed by atoms with van der Waals surface area (Å²) in [5.41, 5.74) is 4.68. The average molecular weight is 479 g/mol. The number of hydrogen-bond donors (Lipinski definition) is 2. The summed E-state index contributed by atoms with van der Waals surface area (Å²) in [7, 11) is 1.67. The molecule has 0 fully saturated rings. The molecular weight excluding hydrogens is 452 g/mol. The Labute approximate surface area is 205 Å². The van der Waals surface area contributed by atoms with Crippen molar-refractivity contribution in [3.8, 4) is 17.2 Å². The zero-order valence-corrected chi connectivity index (χ0v) is 20.3. The van der Waals surface area contributed by atoms with Crippen molar-refractivity contribution in [1.82, 2.24) is 10.6 Å². The number of nitrogens with one attached hydrogen (secondary N) is 2. The Bertz CT molecular complexity index is 1090. The van der Waals surface area contributed by atoms with Gasteiger partial charge in [0, 0.05) is 24.2 Å². The molecule has 3 aromatic carbocycles. The third kappa shape index (κ3) is 5.43. The second kappa shape index (κ2) is 10.6. The van der Waals surface area contributed by atoms with Gasteiger partial charge in [-0.05, 0) is 43.3 Å². The number of benzene rings is 3.